The summed E-state index contributed by atoms with van der Waals surface area (Å²) in [5, 5.41) is 2.76. The molecule has 1 unspecified atom stereocenters. The molecule has 0 aromatic carbocycles. The van der Waals surface area contributed by atoms with Crippen LogP contribution in [0.5, 0.6) is 0 Å². The predicted octanol–water partition coefficient (Wildman–Crippen LogP) is 2.74. The minimum atomic E-state index is -0.902. The molecule has 0 aliphatic carbocycles. The summed E-state index contributed by atoms with van der Waals surface area (Å²) in [5.41, 5.74) is 0.697. The van der Waals surface area contributed by atoms with Crippen LogP contribution in [0, 0.1) is 6.92 Å². The van der Waals surface area contributed by atoms with Gasteiger partial charge in [-0.05, 0) is 26.3 Å². The first kappa shape index (κ1) is 16.4. The third-order valence-corrected chi connectivity index (χ3v) is 3.19. The summed E-state index contributed by atoms with van der Waals surface area (Å²) in [7, 11) is 0. The standard InChI is InChI=1S/C14H19NO4S/c1-4-5-8-18-14(17)10(2)19-13(16)7-6-12-9-20-11(3)15-12/h6-7,9-10H,4-5,8H2,1-3H3. The summed E-state index contributed by atoms with van der Waals surface area (Å²) in [6.07, 6.45) is 3.65. The molecular formula is C14H19NO4S. The van der Waals surface area contributed by atoms with Gasteiger partial charge in [-0.25, -0.2) is 14.6 Å². The average molecular weight is 297 g/mol. The molecule has 1 atom stereocenters. The number of thiazole rings is 1. The Bertz CT molecular complexity index is 481. The first-order chi connectivity index (χ1) is 9.52. The molecule has 0 radical (unpaired) electrons. The van der Waals surface area contributed by atoms with E-state index in [9.17, 15) is 9.59 Å². The van der Waals surface area contributed by atoms with Crippen molar-refractivity contribution in [1.82, 2.24) is 4.98 Å². The van der Waals surface area contributed by atoms with Crippen LogP contribution in [0.1, 0.15) is 37.4 Å². The number of esters is 2. The second-order valence-electron chi connectivity index (χ2n) is 4.22. The van der Waals surface area contributed by atoms with Crippen molar-refractivity contribution in [3.8, 4) is 0 Å². The molecular weight excluding hydrogens is 278 g/mol. The summed E-state index contributed by atoms with van der Waals surface area (Å²) in [4.78, 5) is 27.2. The van der Waals surface area contributed by atoms with E-state index >= 15 is 0 Å². The van der Waals surface area contributed by atoms with E-state index in [0.29, 0.717) is 12.3 Å². The highest BCUT2D eigenvalue weighted by atomic mass is 32.1. The molecule has 0 saturated carbocycles. The fourth-order valence-electron chi connectivity index (χ4n) is 1.31. The summed E-state index contributed by atoms with van der Waals surface area (Å²) in [5.74, 6) is -1.11. The lowest BCUT2D eigenvalue weighted by atomic mass is 10.3. The van der Waals surface area contributed by atoms with Crippen LogP contribution in [-0.4, -0.2) is 29.6 Å². The number of aryl methyl sites for hydroxylation is 1. The number of hydrogen-bond acceptors (Lipinski definition) is 6. The minimum Gasteiger partial charge on any atom is -0.463 e. The van der Waals surface area contributed by atoms with E-state index in [1.807, 2.05) is 19.2 Å². The fourth-order valence-corrected chi connectivity index (χ4v) is 1.89. The molecule has 0 fully saturated rings. The molecule has 0 aliphatic rings. The highest BCUT2D eigenvalue weighted by Crippen LogP contribution is 2.09. The van der Waals surface area contributed by atoms with E-state index in [1.165, 1.54) is 24.3 Å². The lowest BCUT2D eigenvalue weighted by Crippen LogP contribution is -2.25. The Labute approximate surface area is 122 Å². The second kappa shape index (κ2) is 8.47. The first-order valence-corrected chi connectivity index (χ1v) is 7.38. The fraction of sp³-hybridized carbons (Fsp3) is 0.500. The molecule has 0 N–H and O–H groups in total. The normalized spacial score (nSPS) is 12.3. The van der Waals surface area contributed by atoms with Crippen LogP contribution in [0.15, 0.2) is 11.5 Å². The van der Waals surface area contributed by atoms with Gasteiger partial charge in [-0.1, -0.05) is 13.3 Å². The van der Waals surface area contributed by atoms with E-state index in [0.717, 1.165) is 17.8 Å². The first-order valence-electron chi connectivity index (χ1n) is 6.50. The Kier molecular flexibility index (Phi) is 6.93. The van der Waals surface area contributed by atoms with Gasteiger partial charge < -0.3 is 9.47 Å². The van der Waals surface area contributed by atoms with Gasteiger partial charge in [0, 0.05) is 11.5 Å². The van der Waals surface area contributed by atoms with Gasteiger partial charge in [-0.2, -0.15) is 0 Å². The number of carbonyl (C=O) groups excluding carboxylic acids is 2. The quantitative estimate of drug-likeness (QED) is 0.440. The summed E-state index contributed by atoms with van der Waals surface area (Å²) >= 11 is 1.50. The number of ether oxygens (including phenoxy) is 2. The highest BCUT2D eigenvalue weighted by Gasteiger charge is 2.17. The lowest BCUT2D eigenvalue weighted by Gasteiger charge is -2.11. The number of hydrogen-bond donors (Lipinski definition) is 0. The van der Waals surface area contributed by atoms with Crippen molar-refractivity contribution < 1.29 is 19.1 Å². The molecule has 6 heteroatoms. The molecule has 0 amide bonds. The van der Waals surface area contributed by atoms with Crippen LogP contribution in [-0.2, 0) is 19.1 Å². The van der Waals surface area contributed by atoms with Gasteiger partial charge >= 0.3 is 11.9 Å². The number of rotatable bonds is 7. The maximum atomic E-state index is 11.5. The van der Waals surface area contributed by atoms with Gasteiger partial charge in [-0.3, -0.25) is 0 Å². The van der Waals surface area contributed by atoms with Crippen molar-refractivity contribution in [3.63, 3.8) is 0 Å². The van der Waals surface area contributed by atoms with Crippen LogP contribution in [0.4, 0.5) is 0 Å². The smallest absolute Gasteiger partial charge is 0.347 e. The molecule has 0 bridgehead atoms. The van der Waals surface area contributed by atoms with Crippen LogP contribution >= 0.6 is 11.3 Å². The molecule has 0 spiro atoms. The number of aromatic nitrogens is 1. The Morgan fingerprint density at radius 2 is 2.25 bits per heavy atom. The average Bonchev–Trinajstić information content (AvgIpc) is 2.82. The number of nitrogens with zero attached hydrogens (tertiary/aromatic N) is 1. The van der Waals surface area contributed by atoms with Gasteiger partial charge in [0.25, 0.3) is 0 Å². The van der Waals surface area contributed by atoms with E-state index in [1.54, 1.807) is 6.08 Å². The Hall–Kier alpha value is -1.69. The summed E-state index contributed by atoms with van der Waals surface area (Å²) in [6, 6.07) is 0. The predicted molar refractivity (Wildman–Crippen MR) is 77.3 cm³/mol. The van der Waals surface area contributed by atoms with E-state index in [4.69, 9.17) is 9.47 Å². The van der Waals surface area contributed by atoms with Crippen molar-refractivity contribution in [2.24, 2.45) is 0 Å². The molecule has 1 heterocycles. The van der Waals surface area contributed by atoms with Gasteiger partial charge in [-0.15, -0.1) is 11.3 Å². The molecule has 1 aromatic rings. The zero-order valence-electron chi connectivity index (χ0n) is 11.9. The topological polar surface area (TPSA) is 65.5 Å². The lowest BCUT2D eigenvalue weighted by molar-refractivity contribution is -0.163. The van der Waals surface area contributed by atoms with Crippen LogP contribution in [0.25, 0.3) is 6.08 Å². The van der Waals surface area contributed by atoms with Crippen molar-refractivity contribution >= 4 is 29.4 Å². The number of unbranched alkanes of at least 4 members (excludes halogenated alkanes) is 1. The third kappa shape index (κ3) is 5.97. The maximum absolute atomic E-state index is 11.5. The molecule has 1 aromatic heterocycles. The van der Waals surface area contributed by atoms with Crippen molar-refractivity contribution in [1.29, 1.82) is 0 Å². The third-order valence-electron chi connectivity index (χ3n) is 2.39. The summed E-state index contributed by atoms with van der Waals surface area (Å²) < 4.78 is 9.91. The van der Waals surface area contributed by atoms with Crippen molar-refractivity contribution in [2.75, 3.05) is 6.61 Å². The molecule has 5 nitrogen and oxygen atoms in total. The monoisotopic (exact) mass is 297 g/mol. The molecule has 1 rings (SSSR count). The van der Waals surface area contributed by atoms with Crippen LogP contribution in [0.3, 0.4) is 0 Å². The zero-order chi connectivity index (χ0) is 15.0. The van der Waals surface area contributed by atoms with Crippen LogP contribution < -0.4 is 0 Å². The van der Waals surface area contributed by atoms with Gasteiger partial charge in [0.2, 0.25) is 0 Å². The molecule has 0 aliphatic heterocycles. The van der Waals surface area contributed by atoms with Crippen molar-refractivity contribution in [3.05, 3.63) is 22.2 Å². The Balaban J connectivity index is 2.37. The zero-order valence-corrected chi connectivity index (χ0v) is 12.7. The van der Waals surface area contributed by atoms with Crippen molar-refractivity contribution in [2.45, 2.75) is 39.7 Å². The van der Waals surface area contributed by atoms with E-state index in [2.05, 4.69) is 4.98 Å². The van der Waals surface area contributed by atoms with Gasteiger partial charge in [0.05, 0.1) is 17.3 Å². The summed E-state index contributed by atoms with van der Waals surface area (Å²) in [6.45, 7) is 5.73. The Morgan fingerprint density at radius 3 is 2.85 bits per heavy atom. The van der Waals surface area contributed by atoms with Gasteiger partial charge in [0.15, 0.2) is 6.10 Å². The second-order valence-corrected chi connectivity index (χ2v) is 5.29. The molecule has 20 heavy (non-hydrogen) atoms. The minimum absolute atomic E-state index is 0.352. The van der Waals surface area contributed by atoms with Crippen LogP contribution in [0.2, 0.25) is 0 Å². The van der Waals surface area contributed by atoms with E-state index < -0.39 is 18.0 Å². The number of carbonyl (C=O) groups is 2. The van der Waals surface area contributed by atoms with E-state index in [-0.39, 0.29) is 0 Å². The maximum Gasteiger partial charge on any atom is 0.347 e. The highest BCUT2D eigenvalue weighted by molar-refractivity contribution is 7.09. The largest absolute Gasteiger partial charge is 0.463 e. The van der Waals surface area contributed by atoms with Gasteiger partial charge in [0.1, 0.15) is 0 Å². The molecule has 0 saturated heterocycles. The molecule has 110 valence electrons. The SMILES string of the molecule is CCCCOC(=O)C(C)OC(=O)C=Cc1csc(C)n1. The Morgan fingerprint density at radius 1 is 1.50 bits per heavy atom.